The highest BCUT2D eigenvalue weighted by Gasteiger charge is 2.08. The molecule has 0 unspecified atom stereocenters. The van der Waals surface area contributed by atoms with Crippen LogP contribution < -0.4 is 0 Å². The third-order valence-corrected chi connectivity index (χ3v) is 3.81. The maximum absolute atomic E-state index is 9.82. The number of ether oxygens (including phenoxy) is 4. The Morgan fingerprint density at radius 1 is 0.630 bits per heavy atom. The molecule has 27 heavy (non-hydrogen) atoms. The van der Waals surface area contributed by atoms with Gasteiger partial charge >= 0.3 is 0 Å². The number of rotatable bonds is 8. The van der Waals surface area contributed by atoms with E-state index in [1.807, 2.05) is 37.3 Å². The first kappa shape index (κ1) is 22.9. The van der Waals surface area contributed by atoms with Gasteiger partial charge in [-0.2, -0.15) is 0 Å². The number of phenolic OH excluding ortho intramolecular Hbond substituents is 2. The SMILES string of the molecule is COCc1cc(C)cc(COC)c1O.COCc1cccc(COC)c1O. The van der Waals surface area contributed by atoms with Crippen LogP contribution in [0.15, 0.2) is 30.3 Å². The fraction of sp³-hybridized carbons (Fsp3) is 0.429. The van der Waals surface area contributed by atoms with E-state index in [0.717, 1.165) is 27.8 Å². The highest BCUT2D eigenvalue weighted by molar-refractivity contribution is 5.43. The Morgan fingerprint density at radius 3 is 1.33 bits per heavy atom. The Balaban J connectivity index is 0.000000271. The number of phenols is 2. The van der Waals surface area contributed by atoms with E-state index in [0.29, 0.717) is 26.4 Å². The zero-order valence-electron chi connectivity index (χ0n) is 16.7. The molecule has 0 aliphatic heterocycles. The molecule has 0 heterocycles. The summed E-state index contributed by atoms with van der Waals surface area (Å²) in [7, 11) is 6.42. The second-order valence-electron chi connectivity index (χ2n) is 6.09. The molecule has 0 aromatic heterocycles. The molecule has 2 aromatic carbocycles. The summed E-state index contributed by atoms with van der Waals surface area (Å²) in [6.45, 7) is 3.67. The van der Waals surface area contributed by atoms with Crippen molar-refractivity contribution >= 4 is 0 Å². The summed E-state index contributed by atoms with van der Waals surface area (Å²) in [5, 5.41) is 19.5. The largest absolute Gasteiger partial charge is 0.507 e. The van der Waals surface area contributed by atoms with Gasteiger partial charge in [-0.3, -0.25) is 0 Å². The molecule has 2 aromatic rings. The Labute approximate surface area is 161 Å². The van der Waals surface area contributed by atoms with Crippen molar-refractivity contribution in [3.05, 3.63) is 58.1 Å². The molecular weight excluding hydrogens is 348 g/mol. The number of benzene rings is 2. The molecule has 0 fully saturated rings. The topological polar surface area (TPSA) is 77.4 Å². The Bertz CT molecular complexity index is 648. The van der Waals surface area contributed by atoms with Crippen molar-refractivity contribution in [3.8, 4) is 11.5 Å². The second-order valence-corrected chi connectivity index (χ2v) is 6.09. The molecule has 0 spiro atoms. The van der Waals surface area contributed by atoms with Crippen molar-refractivity contribution in [3.63, 3.8) is 0 Å². The molecule has 0 aliphatic rings. The van der Waals surface area contributed by atoms with Crippen LogP contribution in [-0.4, -0.2) is 38.7 Å². The predicted molar refractivity (Wildman–Crippen MR) is 104 cm³/mol. The third kappa shape index (κ3) is 7.19. The molecule has 0 atom stereocenters. The summed E-state index contributed by atoms with van der Waals surface area (Å²) in [5.74, 6) is 0.547. The second kappa shape index (κ2) is 12.3. The lowest BCUT2D eigenvalue weighted by Crippen LogP contribution is -1.96. The molecule has 0 saturated heterocycles. The van der Waals surface area contributed by atoms with Crippen molar-refractivity contribution < 1.29 is 29.2 Å². The summed E-state index contributed by atoms with van der Waals surface area (Å²) in [6.07, 6.45) is 0. The molecule has 2 rings (SSSR count). The first-order chi connectivity index (χ1) is 13.0. The number of hydrogen-bond acceptors (Lipinski definition) is 6. The van der Waals surface area contributed by atoms with Gasteiger partial charge in [0.2, 0.25) is 0 Å². The fourth-order valence-electron chi connectivity index (χ4n) is 2.65. The number of aromatic hydroxyl groups is 2. The van der Waals surface area contributed by atoms with Gasteiger partial charge in [0.15, 0.2) is 0 Å². The van der Waals surface area contributed by atoms with Gasteiger partial charge in [0.05, 0.1) is 26.4 Å². The van der Waals surface area contributed by atoms with Crippen LogP contribution in [0.4, 0.5) is 0 Å². The van der Waals surface area contributed by atoms with E-state index >= 15 is 0 Å². The number of aryl methyl sites for hydroxylation is 1. The zero-order valence-corrected chi connectivity index (χ0v) is 16.7. The lowest BCUT2D eigenvalue weighted by molar-refractivity contribution is 0.174. The summed E-state index contributed by atoms with van der Waals surface area (Å²) in [6, 6.07) is 9.37. The van der Waals surface area contributed by atoms with Crippen LogP contribution in [0.3, 0.4) is 0 Å². The van der Waals surface area contributed by atoms with Crippen LogP contribution in [0.2, 0.25) is 0 Å². The maximum Gasteiger partial charge on any atom is 0.126 e. The minimum absolute atomic E-state index is 0.270. The monoisotopic (exact) mass is 378 g/mol. The zero-order chi connectivity index (χ0) is 20.2. The van der Waals surface area contributed by atoms with E-state index in [1.165, 1.54) is 0 Å². The van der Waals surface area contributed by atoms with Crippen molar-refractivity contribution in [1.82, 2.24) is 0 Å². The highest BCUT2D eigenvalue weighted by atomic mass is 16.5. The van der Waals surface area contributed by atoms with E-state index < -0.39 is 0 Å². The fourth-order valence-corrected chi connectivity index (χ4v) is 2.65. The Hall–Kier alpha value is -2.12. The van der Waals surface area contributed by atoms with Crippen molar-refractivity contribution in [2.75, 3.05) is 28.4 Å². The molecule has 2 N–H and O–H groups in total. The molecule has 6 heteroatoms. The molecule has 6 nitrogen and oxygen atoms in total. The van der Waals surface area contributed by atoms with E-state index in [1.54, 1.807) is 28.4 Å². The minimum atomic E-state index is 0.270. The van der Waals surface area contributed by atoms with Crippen molar-refractivity contribution in [1.29, 1.82) is 0 Å². The van der Waals surface area contributed by atoms with Gasteiger partial charge < -0.3 is 29.2 Å². The maximum atomic E-state index is 9.82. The van der Waals surface area contributed by atoms with E-state index in [-0.39, 0.29) is 11.5 Å². The van der Waals surface area contributed by atoms with Gasteiger partial charge in [0.25, 0.3) is 0 Å². The third-order valence-electron chi connectivity index (χ3n) is 3.81. The Morgan fingerprint density at radius 2 is 0.963 bits per heavy atom. The molecule has 150 valence electrons. The van der Waals surface area contributed by atoms with Gasteiger partial charge in [0, 0.05) is 50.7 Å². The van der Waals surface area contributed by atoms with Crippen LogP contribution in [-0.2, 0) is 45.4 Å². The quantitative estimate of drug-likeness (QED) is 0.730. The van der Waals surface area contributed by atoms with Crippen LogP contribution >= 0.6 is 0 Å². The van der Waals surface area contributed by atoms with E-state index in [2.05, 4.69) is 0 Å². The molecule has 0 saturated carbocycles. The van der Waals surface area contributed by atoms with Crippen LogP contribution in [0.1, 0.15) is 27.8 Å². The van der Waals surface area contributed by atoms with Gasteiger partial charge in [0.1, 0.15) is 11.5 Å². The number of hydrogen-bond donors (Lipinski definition) is 2. The highest BCUT2D eigenvalue weighted by Crippen LogP contribution is 2.26. The van der Waals surface area contributed by atoms with Gasteiger partial charge in [-0.25, -0.2) is 0 Å². The van der Waals surface area contributed by atoms with Gasteiger partial charge in [-0.15, -0.1) is 0 Å². The molecule has 0 amide bonds. The average molecular weight is 378 g/mol. The standard InChI is InChI=1S/C11H16O3.C10H14O3/c1-8-4-9(6-13-2)11(12)10(5-8)7-14-3;1-12-6-8-4-3-5-9(7-13-2)10(8)11/h4-5,12H,6-7H2,1-3H3;3-5,11H,6-7H2,1-2H3. The number of methoxy groups -OCH3 is 4. The number of para-hydroxylation sites is 1. The van der Waals surface area contributed by atoms with Gasteiger partial charge in [-0.1, -0.05) is 35.9 Å². The molecule has 0 bridgehead atoms. The van der Waals surface area contributed by atoms with Crippen molar-refractivity contribution in [2.45, 2.75) is 33.4 Å². The van der Waals surface area contributed by atoms with Crippen LogP contribution in [0, 0.1) is 6.92 Å². The summed E-state index contributed by atoms with van der Waals surface area (Å²) in [5.41, 5.74) is 4.29. The van der Waals surface area contributed by atoms with Crippen molar-refractivity contribution in [2.24, 2.45) is 0 Å². The summed E-state index contributed by atoms with van der Waals surface area (Å²) in [4.78, 5) is 0. The first-order valence-electron chi connectivity index (χ1n) is 8.55. The average Bonchev–Trinajstić information content (AvgIpc) is 2.64. The first-order valence-corrected chi connectivity index (χ1v) is 8.55. The van der Waals surface area contributed by atoms with Crippen LogP contribution in [0.5, 0.6) is 11.5 Å². The van der Waals surface area contributed by atoms with Crippen LogP contribution in [0.25, 0.3) is 0 Å². The summed E-state index contributed by atoms with van der Waals surface area (Å²) < 4.78 is 19.9. The molecule has 0 aliphatic carbocycles. The normalized spacial score (nSPS) is 10.4. The molecule has 0 radical (unpaired) electrons. The minimum Gasteiger partial charge on any atom is -0.507 e. The Kier molecular flexibility index (Phi) is 10.4. The lowest BCUT2D eigenvalue weighted by atomic mass is 10.1. The lowest BCUT2D eigenvalue weighted by Gasteiger charge is -2.10. The molecular formula is C21H30O6. The van der Waals surface area contributed by atoms with Gasteiger partial charge in [-0.05, 0) is 6.92 Å². The van der Waals surface area contributed by atoms with E-state index in [4.69, 9.17) is 18.9 Å². The predicted octanol–water partition coefficient (Wildman–Crippen LogP) is 3.68. The van der Waals surface area contributed by atoms with E-state index in [9.17, 15) is 10.2 Å². The smallest absolute Gasteiger partial charge is 0.126 e. The summed E-state index contributed by atoms with van der Waals surface area (Å²) >= 11 is 0.